The number of fused-ring (bicyclic) bond motifs is 1. The molecule has 0 bridgehead atoms. The van der Waals surface area contributed by atoms with Gasteiger partial charge in [0.25, 0.3) is 11.6 Å². The van der Waals surface area contributed by atoms with Gasteiger partial charge in [-0.05, 0) is 48.4 Å². The fraction of sp³-hybridized carbons (Fsp3) is 0.111. The highest BCUT2D eigenvalue weighted by atomic mass is 16.6. The molecule has 3 rings (SSSR count). The van der Waals surface area contributed by atoms with Gasteiger partial charge in [0.1, 0.15) is 6.54 Å². The summed E-state index contributed by atoms with van der Waals surface area (Å²) >= 11 is 0. The van der Waals surface area contributed by atoms with Crippen LogP contribution in [0.25, 0.3) is 6.08 Å². The van der Waals surface area contributed by atoms with Gasteiger partial charge in [-0.3, -0.25) is 24.6 Å². The number of carboxylic acid groups (broad SMARTS) is 1. The number of nitro benzene ring substituents is 1. The molecule has 26 heavy (non-hydrogen) atoms. The highest BCUT2D eigenvalue weighted by molar-refractivity contribution is 6.11. The van der Waals surface area contributed by atoms with Crippen molar-refractivity contribution in [3.05, 3.63) is 69.5 Å². The zero-order chi connectivity index (χ0) is 18.8. The Bertz CT molecular complexity index is 933. The predicted octanol–water partition coefficient (Wildman–Crippen LogP) is 2.75. The standard InChI is InChI=1S/C18H14N2O6/c1-11-2-7-15-14(8-11)19(10-17(21)22)18(23)16(26-15)9-12-3-5-13(6-4-12)20(24)25/h2-9H,10H2,1H3,(H,21,22)/b16-9+. The summed E-state index contributed by atoms with van der Waals surface area (Å²) < 4.78 is 5.64. The Morgan fingerprint density at radius 3 is 2.58 bits per heavy atom. The molecule has 0 unspecified atom stereocenters. The molecule has 0 saturated heterocycles. The number of rotatable bonds is 4. The van der Waals surface area contributed by atoms with Gasteiger partial charge in [0, 0.05) is 12.1 Å². The largest absolute Gasteiger partial charge is 0.480 e. The number of benzene rings is 2. The maximum Gasteiger partial charge on any atom is 0.323 e. The van der Waals surface area contributed by atoms with E-state index in [1.165, 1.54) is 30.3 Å². The third-order valence-corrected chi connectivity index (χ3v) is 3.78. The van der Waals surface area contributed by atoms with E-state index in [9.17, 15) is 19.7 Å². The van der Waals surface area contributed by atoms with E-state index in [1.54, 1.807) is 18.2 Å². The molecule has 0 aliphatic carbocycles. The van der Waals surface area contributed by atoms with E-state index in [2.05, 4.69) is 0 Å². The van der Waals surface area contributed by atoms with Gasteiger partial charge in [0.2, 0.25) is 0 Å². The van der Waals surface area contributed by atoms with E-state index in [0.29, 0.717) is 17.0 Å². The number of aliphatic carboxylic acids is 1. The lowest BCUT2D eigenvalue weighted by molar-refractivity contribution is -0.384. The first-order valence-corrected chi connectivity index (χ1v) is 7.63. The van der Waals surface area contributed by atoms with Crippen LogP contribution in [0.15, 0.2) is 48.2 Å². The third kappa shape index (κ3) is 3.39. The average molecular weight is 354 g/mol. The smallest absolute Gasteiger partial charge is 0.323 e. The fourth-order valence-corrected chi connectivity index (χ4v) is 2.56. The molecule has 0 fully saturated rings. The molecular weight excluding hydrogens is 340 g/mol. The van der Waals surface area contributed by atoms with Crippen molar-refractivity contribution in [3.63, 3.8) is 0 Å². The molecule has 1 amide bonds. The number of anilines is 1. The first kappa shape index (κ1) is 17.2. The average Bonchev–Trinajstić information content (AvgIpc) is 2.59. The molecule has 2 aromatic rings. The second-order valence-electron chi connectivity index (χ2n) is 5.72. The summed E-state index contributed by atoms with van der Waals surface area (Å²) in [6, 6.07) is 10.7. The zero-order valence-electron chi connectivity index (χ0n) is 13.7. The number of ether oxygens (including phenoxy) is 1. The van der Waals surface area contributed by atoms with Gasteiger partial charge in [0.05, 0.1) is 10.6 Å². The molecule has 2 aromatic carbocycles. The lowest BCUT2D eigenvalue weighted by Gasteiger charge is -2.29. The van der Waals surface area contributed by atoms with Crippen LogP contribution in [-0.4, -0.2) is 28.5 Å². The van der Waals surface area contributed by atoms with Gasteiger partial charge < -0.3 is 9.84 Å². The number of carbonyl (C=O) groups is 2. The number of amides is 1. The van der Waals surface area contributed by atoms with Crippen molar-refractivity contribution < 1.29 is 24.4 Å². The van der Waals surface area contributed by atoms with Crippen molar-refractivity contribution in [2.45, 2.75) is 6.92 Å². The van der Waals surface area contributed by atoms with E-state index in [0.717, 1.165) is 10.5 Å². The maximum absolute atomic E-state index is 12.7. The first-order chi connectivity index (χ1) is 12.3. The molecule has 0 atom stereocenters. The lowest BCUT2D eigenvalue weighted by atomic mass is 10.1. The van der Waals surface area contributed by atoms with Crippen LogP contribution in [0, 0.1) is 17.0 Å². The number of non-ortho nitro benzene ring substituents is 1. The van der Waals surface area contributed by atoms with Crippen molar-refractivity contribution in [3.8, 4) is 5.75 Å². The highest BCUT2D eigenvalue weighted by Gasteiger charge is 2.31. The summed E-state index contributed by atoms with van der Waals surface area (Å²) in [4.78, 5) is 35.2. The summed E-state index contributed by atoms with van der Waals surface area (Å²) in [5.41, 5.74) is 1.69. The Balaban J connectivity index is 2.00. The minimum absolute atomic E-state index is 0.0588. The first-order valence-electron chi connectivity index (χ1n) is 7.63. The van der Waals surface area contributed by atoms with E-state index < -0.39 is 23.3 Å². The van der Waals surface area contributed by atoms with Crippen molar-refractivity contribution in [1.82, 2.24) is 0 Å². The van der Waals surface area contributed by atoms with Crippen LogP contribution in [0.4, 0.5) is 11.4 Å². The summed E-state index contributed by atoms with van der Waals surface area (Å²) in [7, 11) is 0. The summed E-state index contributed by atoms with van der Waals surface area (Å²) in [6.07, 6.45) is 1.42. The van der Waals surface area contributed by atoms with Crippen molar-refractivity contribution in [2.75, 3.05) is 11.4 Å². The second kappa shape index (κ2) is 6.67. The zero-order valence-corrected chi connectivity index (χ0v) is 13.7. The molecule has 1 heterocycles. The van der Waals surface area contributed by atoms with Gasteiger partial charge in [-0.15, -0.1) is 0 Å². The number of hydrogen-bond donors (Lipinski definition) is 1. The Hall–Kier alpha value is -3.68. The Morgan fingerprint density at radius 1 is 1.27 bits per heavy atom. The quantitative estimate of drug-likeness (QED) is 0.513. The minimum Gasteiger partial charge on any atom is -0.480 e. The molecule has 1 aliphatic rings. The molecular formula is C18H14N2O6. The highest BCUT2D eigenvalue weighted by Crippen LogP contribution is 2.36. The van der Waals surface area contributed by atoms with Gasteiger partial charge in [-0.25, -0.2) is 0 Å². The van der Waals surface area contributed by atoms with Crippen LogP contribution in [0.5, 0.6) is 5.75 Å². The fourth-order valence-electron chi connectivity index (χ4n) is 2.56. The van der Waals surface area contributed by atoms with Crippen molar-refractivity contribution in [1.29, 1.82) is 0 Å². The molecule has 8 nitrogen and oxygen atoms in total. The maximum atomic E-state index is 12.7. The normalized spacial score (nSPS) is 14.7. The minimum atomic E-state index is -1.15. The number of nitrogens with zero attached hydrogens (tertiary/aromatic N) is 2. The van der Waals surface area contributed by atoms with Crippen LogP contribution in [0.3, 0.4) is 0 Å². The van der Waals surface area contributed by atoms with E-state index in [4.69, 9.17) is 9.84 Å². The van der Waals surface area contributed by atoms with Crippen LogP contribution < -0.4 is 9.64 Å². The summed E-state index contributed by atoms with van der Waals surface area (Å²) in [5.74, 6) is -1.44. The SMILES string of the molecule is Cc1ccc2c(c1)N(CC(=O)O)C(=O)/C(=C\c1ccc([N+](=O)[O-])cc1)O2. The molecule has 1 aliphatic heterocycles. The van der Waals surface area contributed by atoms with Crippen molar-refractivity contribution >= 4 is 29.3 Å². The van der Waals surface area contributed by atoms with Crippen molar-refractivity contribution in [2.24, 2.45) is 0 Å². The Labute approximate surface area is 148 Å². The number of nitro groups is 1. The molecule has 1 N–H and O–H groups in total. The summed E-state index contributed by atoms with van der Waals surface area (Å²) in [6.45, 7) is 1.32. The van der Waals surface area contributed by atoms with Gasteiger partial charge in [-0.2, -0.15) is 0 Å². The van der Waals surface area contributed by atoms with Gasteiger partial charge in [-0.1, -0.05) is 6.07 Å². The third-order valence-electron chi connectivity index (χ3n) is 3.78. The number of carbonyl (C=O) groups excluding carboxylic acids is 1. The van der Waals surface area contributed by atoms with Crippen LogP contribution in [0.2, 0.25) is 0 Å². The summed E-state index contributed by atoms with van der Waals surface area (Å²) in [5, 5.41) is 19.8. The second-order valence-corrected chi connectivity index (χ2v) is 5.72. The van der Waals surface area contributed by atoms with Gasteiger partial charge >= 0.3 is 5.97 Å². The Kier molecular flexibility index (Phi) is 4.40. The molecule has 132 valence electrons. The van der Waals surface area contributed by atoms with Gasteiger partial charge in [0.15, 0.2) is 11.5 Å². The Morgan fingerprint density at radius 2 is 1.96 bits per heavy atom. The molecule has 0 aromatic heterocycles. The van der Waals surface area contributed by atoms with E-state index in [1.807, 2.05) is 6.92 Å². The van der Waals surface area contributed by atoms with Crippen LogP contribution >= 0.6 is 0 Å². The molecule has 0 radical (unpaired) electrons. The monoisotopic (exact) mass is 354 g/mol. The van der Waals surface area contributed by atoms with E-state index in [-0.39, 0.29) is 11.4 Å². The van der Waals surface area contributed by atoms with Crippen LogP contribution in [0.1, 0.15) is 11.1 Å². The topological polar surface area (TPSA) is 110 Å². The number of hydrogen-bond acceptors (Lipinski definition) is 5. The molecule has 0 spiro atoms. The number of carboxylic acids is 1. The predicted molar refractivity (Wildman–Crippen MR) is 92.9 cm³/mol. The number of aryl methyl sites for hydroxylation is 1. The van der Waals surface area contributed by atoms with Crippen LogP contribution in [-0.2, 0) is 9.59 Å². The molecule has 8 heteroatoms. The van der Waals surface area contributed by atoms with E-state index >= 15 is 0 Å². The molecule has 0 saturated carbocycles. The lowest BCUT2D eigenvalue weighted by Crippen LogP contribution is -2.40.